The Morgan fingerprint density at radius 2 is 1.96 bits per heavy atom. The second-order valence-corrected chi connectivity index (χ2v) is 7.41. The van der Waals surface area contributed by atoms with Gasteiger partial charge in [0.2, 0.25) is 4.73 Å². The van der Waals surface area contributed by atoms with Crippen LogP contribution in [0.2, 0.25) is 0 Å². The quantitative estimate of drug-likeness (QED) is 0.645. The van der Waals surface area contributed by atoms with Crippen LogP contribution in [0.25, 0.3) is 16.5 Å². The molecule has 0 aliphatic heterocycles. The highest BCUT2D eigenvalue weighted by atomic mass is 79.9. The lowest BCUT2D eigenvalue weighted by atomic mass is 10.00. The number of carboxylic acids is 1. The third kappa shape index (κ3) is 2.82. The molecule has 5 nitrogen and oxygen atoms in total. The summed E-state index contributed by atoms with van der Waals surface area (Å²) in [4.78, 5) is 10.9. The largest absolute Gasteiger partial charge is 0.481 e. The van der Waals surface area contributed by atoms with Crippen molar-refractivity contribution in [2.24, 2.45) is 0 Å². The number of aliphatic carboxylic acids is 1. The summed E-state index contributed by atoms with van der Waals surface area (Å²) in [6.45, 7) is 0. The zero-order chi connectivity index (χ0) is 16.7. The van der Waals surface area contributed by atoms with Crippen molar-refractivity contribution < 1.29 is 9.90 Å². The third-order valence-corrected chi connectivity index (χ3v) is 5.54. The maximum absolute atomic E-state index is 10.9. The van der Waals surface area contributed by atoms with Gasteiger partial charge in [-0.25, -0.2) is 0 Å². The molecule has 2 aromatic carbocycles. The Morgan fingerprint density at radius 1 is 1.21 bits per heavy atom. The molecule has 0 atom stereocenters. The molecule has 24 heavy (non-hydrogen) atoms. The number of carbonyl (C=O) groups is 1. The van der Waals surface area contributed by atoms with Gasteiger partial charge in [0.1, 0.15) is 0 Å². The van der Waals surface area contributed by atoms with Crippen molar-refractivity contribution >= 4 is 44.4 Å². The molecule has 0 radical (unpaired) electrons. The van der Waals surface area contributed by atoms with E-state index in [1.807, 2.05) is 16.7 Å². The van der Waals surface area contributed by atoms with Crippen LogP contribution in [0.5, 0.6) is 0 Å². The number of hydrogen-bond acceptors (Lipinski definition) is 4. The topological polar surface area (TPSA) is 68.0 Å². The lowest BCUT2D eigenvalue weighted by Crippen LogP contribution is -2.03. The molecule has 122 valence electrons. The van der Waals surface area contributed by atoms with Gasteiger partial charge in [-0.05, 0) is 51.7 Å². The fourth-order valence-corrected chi connectivity index (χ4v) is 4.16. The van der Waals surface area contributed by atoms with E-state index in [1.165, 1.54) is 23.8 Å². The number of halogens is 1. The average Bonchev–Trinajstić information content (AvgIpc) is 3.35. The van der Waals surface area contributed by atoms with Gasteiger partial charge in [-0.3, -0.25) is 9.36 Å². The zero-order valence-corrected chi connectivity index (χ0v) is 15.0. The van der Waals surface area contributed by atoms with Gasteiger partial charge in [0, 0.05) is 5.39 Å². The first-order chi connectivity index (χ1) is 11.6. The zero-order valence-electron chi connectivity index (χ0n) is 12.6. The molecular formula is C17H14BrN3O2S. The van der Waals surface area contributed by atoms with E-state index in [-0.39, 0.29) is 5.75 Å². The van der Waals surface area contributed by atoms with Gasteiger partial charge in [-0.2, -0.15) is 0 Å². The molecular weight excluding hydrogens is 390 g/mol. The molecule has 1 aromatic heterocycles. The summed E-state index contributed by atoms with van der Waals surface area (Å²) in [5, 5.41) is 20.0. The SMILES string of the molecule is O=C(O)CSc1nnc(Br)n1-c1cccc2c(C3CC3)cccc12. The van der Waals surface area contributed by atoms with Crippen LogP contribution in [0.4, 0.5) is 0 Å². The van der Waals surface area contributed by atoms with Crippen LogP contribution < -0.4 is 0 Å². The Labute approximate surface area is 151 Å². The van der Waals surface area contributed by atoms with Gasteiger partial charge in [0.05, 0.1) is 11.4 Å². The molecule has 3 aromatic rings. The lowest BCUT2D eigenvalue weighted by molar-refractivity contribution is -0.133. The fourth-order valence-electron chi connectivity index (χ4n) is 2.94. The highest BCUT2D eigenvalue weighted by Crippen LogP contribution is 2.44. The maximum atomic E-state index is 10.9. The van der Waals surface area contributed by atoms with Crippen molar-refractivity contribution in [3.8, 4) is 5.69 Å². The minimum Gasteiger partial charge on any atom is -0.481 e. The van der Waals surface area contributed by atoms with Crippen LogP contribution in [0, 0.1) is 0 Å². The molecule has 1 heterocycles. The van der Waals surface area contributed by atoms with Crippen LogP contribution in [-0.2, 0) is 4.79 Å². The summed E-state index contributed by atoms with van der Waals surface area (Å²) < 4.78 is 2.44. The summed E-state index contributed by atoms with van der Waals surface area (Å²) in [6, 6.07) is 12.6. The number of rotatable bonds is 5. The van der Waals surface area contributed by atoms with Crippen LogP contribution in [0.15, 0.2) is 46.3 Å². The molecule has 0 bridgehead atoms. The Balaban J connectivity index is 1.87. The number of nitrogens with zero attached hydrogens (tertiary/aromatic N) is 3. The number of benzene rings is 2. The van der Waals surface area contributed by atoms with Crippen LogP contribution in [0.3, 0.4) is 0 Å². The first-order valence-electron chi connectivity index (χ1n) is 7.62. The standard InChI is InChI=1S/C17H14BrN3O2S/c18-16-19-20-17(24-9-15(22)23)21(16)14-6-2-4-12-11(10-7-8-10)3-1-5-13(12)14/h1-6,10H,7-9H2,(H,22,23). The minimum atomic E-state index is -0.875. The third-order valence-electron chi connectivity index (χ3n) is 4.11. The molecule has 1 saturated carbocycles. The number of aromatic nitrogens is 3. The van der Waals surface area contributed by atoms with Crippen molar-refractivity contribution in [2.75, 3.05) is 5.75 Å². The van der Waals surface area contributed by atoms with Crippen LogP contribution in [0.1, 0.15) is 24.3 Å². The number of thioether (sulfide) groups is 1. The molecule has 1 aliphatic rings. The Bertz CT molecular complexity index is 937. The highest BCUT2D eigenvalue weighted by molar-refractivity contribution is 9.10. The number of hydrogen-bond donors (Lipinski definition) is 1. The van der Waals surface area contributed by atoms with Crippen molar-refractivity contribution in [1.82, 2.24) is 14.8 Å². The Kier molecular flexibility index (Phi) is 4.05. The molecule has 1 aliphatic carbocycles. The minimum absolute atomic E-state index is 0.0524. The molecule has 0 saturated heterocycles. The molecule has 1 fully saturated rings. The second-order valence-electron chi connectivity index (χ2n) is 5.76. The molecule has 7 heteroatoms. The lowest BCUT2D eigenvalue weighted by Gasteiger charge is -2.13. The first kappa shape index (κ1) is 15.7. The summed E-state index contributed by atoms with van der Waals surface area (Å²) >= 11 is 4.60. The van der Waals surface area contributed by atoms with Gasteiger partial charge >= 0.3 is 5.97 Å². The van der Waals surface area contributed by atoms with E-state index in [0.717, 1.165) is 22.8 Å². The van der Waals surface area contributed by atoms with E-state index in [1.54, 1.807) is 0 Å². The molecule has 1 N–H and O–H groups in total. The van der Waals surface area contributed by atoms with Crippen molar-refractivity contribution in [2.45, 2.75) is 23.9 Å². The number of carboxylic acid groups (broad SMARTS) is 1. The van der Waals surface area contributed by atoms with E-state index in [2.05, 4.69) is 50.4 Å². The van der Waals surface area contributed by atoms with Crippen molar-refractivity contribution in [3.63, 3.8) is 0 Å². The first-order valence-corrected chi connectivity index (χ1v) is 9.40. The van der Waals surface area contributed by atoms with Gasteiger partial charge in [-0.1, -0.05) is 42.1 Å². The Hall–Kier alpha value is -1.86. The van der Waals surface area contributed by atoms with E-state index < -0.39 is 5.97 Å². The van der Waals surface area contributed by atoms with Gasteiger partial charge in [0.25, 0.3) is 0 Å². The fraction of sp³-hybridized carbons (Fsp3) is 0.235. The number of fused-ring (bicyclic) bond motifs is 1. The average molecular weight is 404 g/mol. The predicted molar refractivity (Wildman–Crippen MR) is 96.9 cm³/mol. The molecule has 0 unspecified atom stereocenters. The summed E-state index contributed by atoms with van der Waals surface area (Å²) in [5.41, 5.74) is 2.35. The second kappa shape index (κ2) is 6.22. The van der Waals surface area contributed by atoms with Gasteiger partial charge in [-0.15, -0.1) is 10.2 Å². The van der Waals surface area contributed by atoms with Crippen LogP contribution in [-0.4, -0.2) is 31.6 Å². The van der Waals surface area contributed by atoms with E-state index in [0.29, 0.717) is 15.8 Å². The van der Waals surface area contributed by atoms with Gasteiger partial charge < -0.3 is 5.11 Å². The summed E-state index contributed by atoms with van der Waals surface area (Å²) in [5.74, 6) is -0.266. The van der Waals surface area contributed by atoms with Gasteiger partial charge in [0.15, 0.2) is 5.16 Å². The highest BCUT2D eigenvalue weighted by Gasteiger charge is 2.25. The molecule has 4 rings (SSSR count). The Morgan fingerprint density at radius 3 is 2.71 bits per heavy atom. The maximum Gasteiger partial charge on any atom is 0.313 e. The van der Waals surface area contributed by atoms with E-state index in [9.17, 15) is 4.79 Å². The predicted octanol–water partition coefficient (Wildman–Crippen LogP) is 4.24. The molecule has 0 spiro atoms. The normalized spacial score (nSPS) is 14.2. The smallest absolute Gasteiger partial charge is 0.313 e. The van der Waals surface area contributed by atoms with E-state index >= 15 is 0 Å². The van der Waals surface area contributed by atoms with Crippen molar-refractivity contribution in [3.05, 3.63) is 46.7 Å². The van der Waals surface area contributed by atoms with Crippen LogP contribution >= 0.6 is 27.7 Å². The summed E-state index contributed by atoms with van der Waals surface area (Å²) in [6.07, 6.45) is 2.50. The summed E-state index contributed by atoms with van der Waals surface area (Å²) in [7, 11) is 0. The van der Waals surface area contributed by atoms with E-state index in [4.69, 9.17) is 5.11 Å². The van der Waals surface area contributed by atoms with Crippen molar-refractivity contribution in [1.29, 1.82) is 0 Å². The monoisotopic (exact) mass is 403 g/mol. The molecule has 0 amide bonds.